The van der Waals surface area contributed by atoms with E-state index >= 15 is 0 Å². The third-order valence-electron chi connectivity index (χ3n) is 3.82. The fraction of sp³-hybridized carbons (Fsp3) is 0.286. The molecule has 0 amide bonds. The number of benzene rings is 2. The van der Waals surface area contributed by atoms with Crippen molar-refractivity contribution < 1.29 is 36.7 Å². The van der Waals surface area contributed by atoms with Crippen LogP contribution in [0.3, 0.4) is 0 Å². The zero-order valence-corrected chi connectivity index (χ0v) is 17.8. The van der Waals surface area contributed by atoms with Gasteiger partial charge in [-0.25, -0.2) is 4.79 Å². The minimum Gasteiger partial charge on any atom is -0.493 e. The Hall–Kier alpha value is -3.20. The van der Waals surface area contributed by atoms with Gasteiger partial charge in [-0.2, -0.15) is 8.42 Å². The van der Waals surface area contributed by atoms with Gasteiger partial charge < -0.3 is 23.5 Å². The van der Waals surface area contributed by atoms with Crippen LogP contribution in [0.1, 0.15) is 18.1 Å². The quantitative estimate of drug-likeness (QED) is 0.325. The summed E-state index contributed by atoms with van der Waals surface area (Å²) in [7, 11) is -2.06. The molecule has 0 fully saturated rings. The Bertz CT molecular complexity index is 994. The molecule has 0 heterocycles. The number of carbonyl (C=O) groups is 1. The van der Waals surface area contributed by atoms with E-state index in [1.807, 2.05) is 0 Å². The standard InChI is InChI=1S/C21H24O8S/c1-4-27-20(21(22)23)14-16-7-10-18(19(13-16)26-2)28-12-11-15-5-8-17(9-6-15)29-30(3,24)25/h5-10,13-14H,4,11-12H2,1-3H3,(H,22,23)/b20-14+. The molecule has 0 saturated heterocycles. The lowest BCUT2D eigenvalue weighted by Gasteiger charge is -2.12. The Morgan fingerprint density at radius 3 is 2.37 bits per heavy atom. The third-order valence-corrected chi connectivity index (χ3v) is 4.31. The second kappa shape index (κ2) is 10.5. The van der Waals surface area contributed by atoms with Crippen molar-refractivity contribution in [3.05, 3.63) is 59.4 Å². The van der Waals surface area contributed by atoms with Gasteiger partial charge in [0, 0.05) is 6.42 Å². The Morgan fingerprint density at radius 1 is 1.10 bits per heavy atom. The highest BCUT2D eigenvalue weighted by Gasteiger charge is 2.11. The first-order valence-electron chi connectivity index (χ1n) is 9.09. The van der Waals surface area contributed by atoms with Crippen molar-refractivity contribution in [1.29, 1.82) is 0 Å². The van der Waals surface area contributed by atoms with Crippen molar-refractivity contribution in [1.82, 2.24) is 0 Å². The van der Waals surface area contributed by atoms with Gasteiger partial charge in [0.05, 0.1) is 26.6 Å². The molecule has 2 rings (SSSR count). The van der Waals surface area contributed by atoms with Crippen LogP contribution in [-0.2, 0) is 26.1 Å². The summed E-state index contributed by atoms with van der Waals surface area (Å²) in [4.78, 5) is 11.2. The molecule has 0 aliphatic heterocycles. The van der Waals surface area contributed by atoms with Crippen molar-refractivity contribution >= 4 is 22.2 Å². The van der Waals surface area contributed by atoms with E-state index in [0.717, 1.165) is 11.8 Å². The number of carboxylic acids is 1. The van der Waals surface area contributed by atoms with Crippen LogP contribution >= 0.6 is 0 Å². The molecule has 1 N–H and O–H groups in total. The normalized spacial score (nSPS) is 11.6. The maximum absolute atomic E-state index is 11.2. The average Bonchev–Trinajstić information content (AvgIpc) is 2.68. The van der Waals surface area contributed by atoms with Crippen LogP contribution in [0.25, 0.3) is 6.08 Å². The number of hydrogen-bond donors (Lipinski definition) is 1. The van der Waals surface area contributed by atoms with E-state index in [2.05, 4.69) is 0 Å². The predicted octanol–water partition coefficient (Wildman–Crippen LogP) is 3.12. The molecule has 0 atom stereocenters. The van der Waals surface area contributed by atoms with Crippen LogP contribution in [-0.4, -0.2) is 46.1 Å². The third kappa shape index (κ3) is 7.32. The molecule has 0 aliphatic rings. The van der Waals surface area contributed by atoms with Crippen LogP contribution in [0, 0.1) is 0 Å². The highest BCUT2D eigenvalue weighted by Crippen LogP contribution is 2.29. The van der Waals surface area contributed by atoms with E-state index in [0.29, 0.717) is 30.1 Å². The zero-order valence-electron chi connectivity index (χ0n) is 17.0. The largest absolute Gasteiger partial charge is 0.493 e. The summed E-state index contributed by atoms with van der Waals surface area (Å²) in [5.41, 5.74) is 1.55. The number of carboxylic acid groups (broad SMARTS) is 1. The SMILES string of the molecule is CCO/C(=C/c1ccc(OCCc2ccc(OS(C)(=O)=O)cc2)c(OC)c1)C(=O)O. The molecule has 9 heteroatoms. The predicted molar refractivity (Wildman–Crippen MR) is 111 cm³/mol. The van der Waals surface area contributed by atoms with E-state index in [-0.39, 0.29) is 18.1 Å². The summed E-state index contributed by atoms with van der Waals surface area (Å²) in [6.07, 6.45) is 2.98. The van der Waals surface area contributed by atoms with Crippen LogP contribution in [0.15, 0.2) is 48.2 Å². The fourth-order valence-electron chi connectivity index (χ4n) is 2.53. The molecule has 0 unspecified atom stereocenters. The van der Waals surface area contributed by atoms with Crippen LogP contribution in [0.2, 0.25) is 0 Å². The van der Waals surface area contributed by atoms with Gasteiger partial charge in [0.2, 0.25) is 5.76 Å². The second-order valence-electron chi connectivity index (χ2n) is 6.19. The summed E-state index contributed by atoms with van der Waals surface area (Å²) in [6, 6.07) is 11.7. The van der Waals surface area contributed by atoms with Gasteiger partial charge in [0.25, 0.3) is 0 Å². The van der Waals surface area contributed by atoms with Gasteiger partial charge in [-0.3, -0.25) is 0 Å². The first kappa shape index (κ1) is 23.1. The van der Waals surface area contributed by atoms with Gasteiger partial charge in [0.1, 0.15) is 5.75 Å². The molecule has 2 aromatic rings. The second-order valence-corrected chi connectivity index (χ2v) is 7.76. The van der Waals surface area contributed by atoms with Gasteiger partial charge in [0.15, 0.2) is 11.5 Å². The smallest absolute Gasteiger partial charge is 0.371 e. The summed E-state index contributed by atoms with van der Waals surface area (Å²) in [5.74, 6) is -0.0808. The molecule has 30 heavy (non-hydrogen) atoms. The zero-order chi connectivity index (χ0) is 22.1. The molecule has 0 aliphatic carbocycles. The summed E-state index contributed by atoms with van der Waals surface area (Å²) < 4.78 is 43.3. The lowest BCUT2D eigenvalue weighted by atomic mass is 10.1. The van der Waals surface area contributed by atoms with E-state index in [1.54, 1.807) is 49.4 Å². The first-order chi connectivity index (χ1) is 14.2. The summed E-state index contributed by atoms with van der Waals surface area (Å²) in [6.45, 7) is 2.32. The summed E-state index contributed by atoms with van der Waals surface area (Å²) >= 11 is 0. The Morgan fingerprint density at radius 2 is 1.80 bits per heavy atom. The first-order valence-corrected chi connectivity index (χ1v) is 10.9. The molecule has 0 spiro atoms. The average molecular weight is 436 g/mol. The van der Waals surface area contributed by atoms with Crippen LogP contribution in [0.5, 0.6) is 17.2 Å². The van der Waals surface area contributed by atoms with Gasteiger partial charge in [-0.15, -0.1) is 0 Å². The number of hydrogen-bond acceptors (Lipinski definition) is 7. The molecule has 0 saturated carbocycles. The van der Waals surface area contributed by atoms with Gasteiger partial charge >= 0.3 is 16.1 Å². The Kier molecular flexibility index (Phi) is 8.11. The number of aliphatic carboxylic acids is 1. The van der Waals surface area contributed by atoms with E-state index in [1.165, 1.54) is 13.2 Å². The Labute approximate surface area is 175 Å². The van der Waals surface area contributed by atoms with Crippen LogP contribution in [0.4, 0.5) is 0 Å². The van der Waals surface area contributed by atoms with Crippen molar-refractivity contribution in [3.8, 4) is 17.2 Å². The van der Waals surface area contributed by atoms with Gasteiger partial charge in [-0.1, -0.05) is 18.2 Å². The minimum atomic E-state index is -3.55. The molecule has 0 aromatic heterocycles. The maximum Gasteiger partial charge on any atom is 0.371 e. The number of ether oxygens (including phenoxy) is 3. The molecular formula is C21H24O8S. The number of rotatable bonds is 11. The van der Waals surface area contributed by atoms with Crippen molar-refractivity contribution in [3.63, 3.8) is 0 Å². The van der Waals surface area contributed by atoms with Crippen LogP contribution < -0.4 is 13.7 Å². The highest BCUT2D eigenvalue weighted by atomic mass is 32.2. The molecule has 8 nitrogen and oxygen atoms in total. The fourth-order valence-corrected chi connectivity index (χ4v) is 2.99. The lowest BCUT2D eigenvalue weighted by molar-refractivity contribution is -0.136. The van der Waals surface area contributed by atoms with Crippen molar-refractivity contribution in [2.75, 3.05) is 26.6 Å². The van der Waals surface area contributed by atoms with E-state index in [4.69, 9.17) is 23.5 Å². The minimum absolute atomic E-state index is 0.156. The molecule has 2 aromatic carbocycles. The molecule has 0 bridgehead atoms. The molecular weight excluding hydrogens is 412 g/mol. The highest BCUT2D eigenvalue weighted by molar-refractivity contribution is 7.86. The summed E-state index contributed by atoms with van der Waals surface area (Å²) in [5, 5.41) is 9.16. The Balaban J connectivity index is 2.01. The van der Waals surface area contributed by atoms with Gasteiger partial charge in [-0.05, 0) is 48.4 Å². The van der Waals surface area contributed by atoms with E-state index < -0.39 is 16.1 Å². The topological polar surface area (TPSA) is 108 Å². The van der Waals surface area contributed by atoms with Crippen molar-refractivity contribution in [2.45, 2.75) is 13.3 Å². The van der Waals surface area contributed by atoms with E-state index in [9.17, 15) is 13.2 Å². The maximum atomic E-state index is 11.2. The lowest BCUT2D eigenvalue weighted by Crippen LogP contribution is -2.06. The molecule has 0 radical (unpaired) electrons. The van der Waals surface area contributed by atoms with Crippen molar-refractivity contribution in [2.24, 2.45) is 0 Å². The molecule has 162 valence electrons. The number of methoxy groups -OCH3 is 1. The monoisotopic (exact) mass is 436 g/mol.